The van der Waals surface area contributed by atoms with Crippen molar-refractivity contribution in [1.29, 1.82) is 5.26 Å². The van der Waals surface area contributed by atoms with Gasteiger partial charge in [-0.2, -0.15) is 5.26 Å². The van der Waals surface area contributed by atoms with Crippen LogP contribution >= 0.6 is 11.6 Å². The van der Waals surface area contributed by atoms with Crippen LogP contribution in [-0.4, -0.2) is 113 Å². The first kappa shape index (κ1) is 39.8. The van der Waals surface area contributed by atoms with Gasteiger partial charge in [-0.05, 0) is 100 Å². The lowest BCUT2D eigenvalue weighted by Crippen LogP contribution is -2.55. The molecule has 2 bridgehead atoms. The van der Waals surface area contributed by atoms with Crippen molar-refractivity contribution in [3.8, 4) is 11.8 Å². The molecule has 3 unspecified atom stereocenters. The van der Waals surface area contributed by atoms with Crippen LogP contribution in [0.3, 0.4) is 0 Å². The number of likely N-dealkylation sites (tertiary alicyclic amines) is 1. The van der Waals surface area contributed by atoms with Crippen molar-refractivity contribution in [3.63, 3.8) is 0 Å². The van der Waals surface area contributed by atoms with Gasteiger partial charge in [-0.15, -0.1) is 10.2 Å². The van der Waals surface area contributed by atoms with E-state index in [2.05, 4.69) is 30.6 Å². The Morgan fingerprint density at radius 3 is 2.27 bits per heavy atom. The van der Waals surface area contributed by atoms with E-state index in [9.17, 15) is 24.0 Å². The second kappa shape index (κ2) is 16.4. The molecule has 0 spiro atoms. The van der Waals surface area contributed by atoms with Gasteiger partial charge in [0.1, 0.15) is 23.7 Å². The summed E-state index contributed by atoms with van der Waals surface area (Å²) in [4.78, 5) is 71.4. The summed E-state index contributed by atoms with van der Waals surface area (Å²) >= 11 is 6.16. The molecule has 2 N–H and O–H groups in total. The van der Waals surface area contributed by atoms with Gasteiger partial charge in [0.2, 0.25) is 11.8 Å². The van der Waals surface area contributed by atoms with Crippen molar-refractivity contribution >= 4 is 52.6 Å². The highest BCUT2D eigenvalue weighted by Crippen LogP contribution is 2.37. The molecule has 9 rings (SSSR count). The number of piperazine rings is 1. The Labute approximate surface area is 351 Å². The topological polar surface area (TPSA) is 181 Å². The Kier molecular flexibility index (Phi) is 10.9. The van der Waals surface area contributed by atoms with Crippen molar-refractivity contribution in [2.45, 2.75) is 94.5 Å². The molecule has 1 aromatic heterocycles. The van der Waals surface area contributed by atoms with E-state index in [0.717, 1.165) is 87.8 Å². The number of rotatable bonds is 9. The van der Waals surface area contributed by atoms with Crippen LogP contribution in [0.15, 0.2) is 42.5 Å². The molecule has 0 radical (unpaired) electrons. The first-order valence-corrected chi connectivity index (χ1v) is 21.2. The first-order valence-electron chi connectivity index (χ1n) is 20.8. The molecule has 3 atom stereocenters. The zero-order valence-electron chi connectivity index (χ0n) is 32.9. The third-order valence-electron chi connectivity index (χ3n) is 13.1. The van der Waals surface area contributed by atoms with Gasteiger partial charge in [0, 0.05) is 63.3 Å². The number of benzene rings is 2. The molecule has 2 aromatic carbocycles. The first-order chi connectivity index (χ1) is 29.0. The van der Waals surface area contributed by atoms with Crippen LogP contribution in [0.2, 0.25) is 5.02 Å². The minimum Gasteiger partial charge on any atom is -0.490 e. The summed E-state index contributed by atoms with van der Waals surface area (Å²) in [6, 6.07) is 12.8. The van der Waals surface area contributed by atoms with Crippen molar-refractivity contribution in [2.75, 3.05) is 42.5 Å². The number of piperidine rings is 2. The third-order valence-corrected chi connectivity index (χ3v) is 13.4. The zero-order chi connectivity index (χ0) is 41.7. The maximum Gasteiger partial charge on any atom is 0.272 e. The predicted octanol–water partition coefficient (Wildman–Crippen LogP) is 4.23. The number of nitriles is 1. The Morgan fingerprint density at radius 2 is 1.62 bits per heavy atom. The number of halogens is 2. The van der Waals surface area contributed by atoms with E-state index in [1.54, 1.807) is 24.3 Å². The summed E-state index contributed by atoms with van der Waals surface area (Å²) in [7, 11) is 0. The lowest BCUT2D eigenvalue weighted by molar-refractivity contribution is -0.136. The van der Waals surface area contributed by atoms with E-state index in [0.29, 0.717) is 35.3 Å². The third kappa shape index (κ3) is 7.76. The van der Waals surface area contributed by atoms with E-state index in [1.807, 2.05) is 17.0 Å². The molecular weight excluding hydrogens is 793 g/mol. The van der Waals surface area contributed by atoms with Gasteiger partial charge in [0.05, 0.1) is 33.5 Å². The van der Waals surface area contributed by atoms with Crippen molar-refractivity contribution in [3.05, 3.63) is 75.7 Å². The number of hydrogen-bond acceptors (Lipinski definition) is 12. The Hall–Kier alpha value is -5.66. The Balaban J connectivity index is 0.739. The molecule has 1 aliphatic carbocycles. The van der Waals surface area contributed by atoms with E-state index in [-0.39, 0.29) is 65.5 Å². The van der Waals surface area contributed by atoms with E-state index in [4.69, 9.17) is 21.6 Å². The van der Waals surface area contributed by atoms with Gasteiger partial charge in [-0.3, -0.25) is 39.1 Å². The molecular formula is C43H45ClFN9O6. The summed E-state index contributed by atoms with van der Waals surface area (Å²) in [5.41, 5.74) is 0.984. The molecule has 6 aliphatic rings. The maximum atomic E-state index is 15.5. The number of ether oxygens (including phenoxy) is 1. The molecule has 312 valence electrons. The predicted molar refractivity (Wildman–Crippen MR) is 216 cm³/mol. The highest BCUT2D eigenvalue weighted by Gasteiger charge is 2.46. The molecule has 5 amide bonds. The number of fused-ring (bicyclic) bond motifs is 3. The summed E-state index contributed by atoms with van der Waals surface area (Å²) in [5.74, 6) is -1.52. The summed E-state index contributed by atoms with van der Waals surface area (Å²) < 4.78 is 21.6. The molecule has 5 fully saturated rings. The minimum absolute atomic E-state index is 0.00483. The highest BCUT2D eigenvalue weighted by molar-refractivity contribution is 6.31. The Bertz CT molecular complexity index is 2260. The van der Waals surface area contributed by atoms with Crippen LogP contribution in [0.25, 0.3) is 0 Å². The van der Waals surface area contributed by atoms with Crippen molar-refractivity contribution in [2.24, 2.45) is 5.92 Å². The minimum atomic E-state index is -1.10. The number of amides is 5. The molecule has 60 heavy (non-hydrogen) atoms. The van der Waals surface area contributed by atoms with Crippen LogP contribution in [0.1, 0.15) is 101 Å². The van der Waals surface area contributed by atoms with Crippen molar-refractivity contribution in [1.82, 2.24) is 30.6 Å². The van der Waals surface area contributed by atoms with Gasteiger partial charge in [-0.1, -0.05) is 11.6 Å². The maximum absolute atomic E-state index is 15.5. The van der Waals surface area contributed by atoms with Gasteiger partial charge in [0.25, 0.3) is 17.7 Å². The summed E-state index contributed by atoms with van der Waals surface area (Å²) in [5, 5.41) is 23.6. The van der Waals surface area contributed by atoms with Crippen LogP contribution < -0.4 is 25.2 Å². The largest absolute Gasteiger partial charge is 0.490 e. The lowest BCUT2D eigenvalue weighted by Gasteiger charge is -2.43. The molecule has 15 nitrogen and oxygen atoms in total. The van der Waals surface area contributed by atoms with Crippen LogP contribution in [0.5, 0.6) is 5.75 Å². The smallest absolute Gasteiger partial charge is 0.272 e. The summed E-state index contributed by atoms with van der Waals surface area (Å²) in [6.07, 6.45) is 6.95. The zero-order valence-corrected chi connectivity index (χ0v) is 33.7. The Morgan fingerprint density at radius 1 is 0.900 bits per heavy atom. The van der Waals surface area contributed by atoms with Gasteiger partial charge < -0.3 is 19.9 Å². The monoisotopic (exact) mass is 837 g/mol. The lowest BCUT2D eigenvalue weighted by atomic mass is 9.93. The number of hydrogen-bond donors (Lipinski definition) is 2. The molecule has 3 aromatic rings. The second-order valence-corrected chi connectivity index (χ2v) is 17.2. The van der Waals surface area contributed by atoms with Crippen LogP contribution in [-0.2, 0) is 9.59 Å². The molecule has 17 heteroatoms. The number of nitrogens with zero attached hydrogens (tertiary/aromatic N) is 7. The fourth-order valence-corrected chi connectivity index (χ4v) is 10.2. The number of nitrogens with one attached hydrogen (secondary N) is 2. The van der Waals surface area contributed by atoms with Gasteiger partial charge in [-0.25, -0.2) is 4.39 Å². The average molecular weight is 838 g/mol. The van der Waals surface area contributed by atoms with E-state index >= 15 is 4.39 Å². The highest BCUT2D eigenvalue weighted by atomic mass is 35.5. The molecule has 6 heterocycles. The average Bonchev–Trinajstić information content (AvgIpc) is 3.65. The quantitative estimate of drug-likeness (QED) is 0.294. The van der Waals surface area contributed by atoms with Crippen molar-refractivity contribution < 1.29 is 33.1 Å². The molecule has 4 saturated heterocycles. The number of anilines is 2. The molecule has 1 saturated carbocycles. The van der Waals surface area contributed by atoms with E-state index < -0.39 is 35.5 Å². The number of aromatic nitrogens is 2. The standard InChI is InChI=1S/C43H45ClFN9O6/c44-33-17-30(6-1-25(33)20-46)60-29-7-2-26(3-8-29)47-40(56)35-9-11-38(50-49-35)53-27-4-5-28(53)23-51(22-27)21-24-13-15-52(16-14-24)37-19-32-31(18-34(37)45)42(58)54(43(32)59)36-10-12-39(55)48-41(36)57/h1,6,9,11,17-19,24,26-29,36H,2-5,7-8,10,12-16,21-23H2,(H,47,56)(H,48,55,57). The number of carbonyl (C=O) groups excluding carboxylic acids is 5. The second-order valence-electron chi connectivity index (χ2n) is 16.8. The molecule has 5 aliphatic heterocycles. The fraction of sp³-hybridized carbons (Fsp3) is 0.488. The van der Waals surface area contributed by atoms with E-state index in [1.165, 1.54) is 6.07 Å². The van der Waals surface area contributed by atoms with Crippen LogP contribution in [0, 0.1) is 23.1 Å². The SMILES string of the molecule is N#Cc1ccc(OC2CCC(NC(=O)c3ccc(N4C5CCC4CN(CC4CCN(c6cc7c(cc6F)C(=O)N(C6CCC(=O)NC6=O)C7=O)CC4)C5)nn3)CC2)cc1Cl. The summed E-state index contributed by atoms with van der Waals surface area (Å²) in [6.45, 7) is 3.92. The van der Waals surface area contributed by atoms with Gasteiger partial charge in [0.15, 0.2) is 11.5 Å². The van der Waals surface area contributed by atoms with Crippen LogP contribution in [0.4, 0.5) is 15.9 Å². The normalized spacial score (nSPS) is 25.9. The fourth-order valence-electron chi connectivity index (χ4n) is 9.98. The number of imide groups is 2. The van der Waals surface area contributed by atoms with Gasteiger partial charge >= 0.3 is 0 Å². The number of carbonyl (C=O) groups is 5.